The fourth-order valence-corrected chi connectivity index (χ4v) is 3.07. The second-order valence-corrected chi connectivity index (χ2v) is 5.96. The third-order valence-electron chi connectivity index (χ3n) is 3.36. The molecule has 1 N–H and O–H groups in total. The van der Waals surface area contributed by atoms with Crippen molar-refractivity contribution in [2.24, 2.45) is 0 Å². The van der Waals surface area contributed by atoms with Crippen LogP contribution in [-0.2, 0) is 0 Å². The topological polar surface area (TPSA) is 25.2 Å². The van der Waals surface area contributed by atoms with Crippen LogP contribution in [0.15, 0.2) is 51.4 Å². The second kappa shape index (κ2) is 5.79. The van der Waals surface area contributed by atoms with Gasteiger partial charge in [0.2, 0.25) is 0 Å². The molecule has 2 nitrogen and oxygen atoms in total. The first-order valence-corrected chi connectivity index (χ1v) is 7.57. The first-order chi connectivity index (χ1) is 10.1. The minimum absolute atomic E-state index is 0.313. The number of halogens is 3. The summed E-state index contributed by atoms with van der Waals surface area (Å²) in [5.41, 5.74) is 1.41. The van der Waals surface area contributed by atoms with Gasteiger partial charge in [0.1, 0.15) is 17.2 Å². The molecule has 0 aliphatic heterocycles. The van der Waals surface area contributed by atoms with E-state index in [9.17, 15) is 4.39 Å². The molecule has 0 radical (unpaired) electrons. The summed E-state index contributed by atoms with van der Waals surface area (Å²) >= 11 is 9.66. The highest BCUT2D eigenvalue weighted by Gasteiger charge is 2.20. The summed E-state index contributed by atoms with van der Waals surface area (Å²) in [6.07, 6.45) is 0. The van der Waals surface area contributed by atoms with Crippen molar-refractivity contribution in [2.45, 2.75) is 6.04 Å². The van der Waals surface area contributed by atoms with Gasteiger partial charge in [0.25, 0.3) is 0 Å². The molecule has 21 heavy (non-hydrogen) atoms. The summed E-state index contributed by atoms with van der Waals surface area (Å²) in [4.78, 5) is 0. The van der Waals surface area contributed by atoms with Crippen molar-refractivity contribution in [1.82, 2.24) is 5.32 Å². The van der Waals surface area contributed by atoms with Crippen molar-refractivity contribution < 1.29 is 8.81 Å². The molecule has 1 aromatic heterocycles. The van der Waals surface area contributed by atoms with E-state index in [1.165, 1.54) is 12.1 Å². The highest BCUT2D eigenvalue weighted by molar-refractivity contribution is 9.10. The molecule has 1 atom stereocenters. The average Bonchev–Trinajstić information content (AvgIpc) is 2.89. The van der Waals surface area contributed by atoms with Crippen molar-refractivity contribution in [3.05, 3.63) is 69.1 Å². The maximum absolute atomic E-state index is 13.5. The number of hydrogen-bond donors (Lipinski definition) is 1. The van der Waals surface area contributed by atoms with E-state index < -0.39 is 0 Å². The van der Waals surface area contributed by atoms with Crippen LogP contribution in [0.25, 0.3) is 11.0 Å². The molecule has 5 heteroatoms. The van der Waals surface area contributed by atoms with Gasteiger partial charge in [0, 0.05) is 10.4 Å². The molecule has 3 rings (SSSR count). The molecule has 0 bridgehead atoms. The van der Waals surface area contributed by atoms with Crippen LogP contribution in [0, 0.1) is 5.82 Å². The van der Waals surface area contributed by atoms with Crippen LogP contribution < -0.4 is 5.32 Å². The summed E-state index contributed by atoms with van der Waals surface area (Å²) in [6, 6.07) is 11.8. The average molecular weight is 369 g/mol. The predicted molar refractivity (Wildman–Crippen MR) is 86.2 cm³/mol. The third kappa shape index (κ3) is 2.71. The lowest BCUT2D eigenvalue weighted by molar-refractivity contribution is 0.489. The summed E-state index contributed by atoms with van der Waals surface area (Å²) in [6.45, 7) is 0. The molecule has 0 fully saturated rings. The van der Waals surface area contributed by atoms with E-state index in [-0.39, 0.29) is 11.9 Å². The van der Waals surface area contributed by atoms with Crippen LogP contribution in [0.3, 0.4) is 0 Å². The Morgan fingerprint density at radius 3 is 2.76 bits per heavy atom. The minimum atomic E-state index is -0.327. The zero-order valence-corrected chi connectivity index (χ0v) is 13.5. The Bertz CT molecular complexity index is 802. The van der Waals surface area contributed by atoms with E-state index in [0.717, 1.165) is 15.4 Å². The van der Waals surface area contributed by atoms with Gasteiger partial charge in [0.05, 0.1) is 10.5 Å². The SMILES string of the molecule is CNC(c1cc2cccc(Br)c2o1)c1cc(F)ccc1Cl. The Balaban J connectivity index is 2.13. The number of furan rings is 1. The van der Waals surface area contributed by atoms with Crippen LogP contribution >= 0.6 is 27.5 Å². The highest BCUT2D eigenvalue weighted by Crippen LogP contribution is 2.34. The molecule has 1 heterocycles. The van der Waals surface area contributed by atoms with Gasteiger partial charge < -0.3 is 9.73 Å². The molecule has 0 amide bonds. The quantitative estimate of drug-likeness (QED) is 0.679. The Morgan fingerprint density at radius 2 is 2.05 bits per heavy atom. The molecule has 0 aliphatic carbocycles. The largest absolute Gasteiger partial charge is 0.458 e. The zero-order chi connectivity index (χ0) is 15.0. The van der Waals surface area contributed by atoms with Gasteiger partial charge in [-0.2, -0.15) is 0 Å². The van der Waals surface area contributed by atoms with Crippen LogP contribution in [0.4, 0.5) is 4.39 Å². The highest BCUT2D eigenvalue weighted by atomic mass is 79.9. The fraction of sp³-hybridized carbons (Fsp3) is 0.125. The normalized spacial score (nSPS) is 12.8. The maximum atomic E-state index is 13.5. The second-order valence-electron chi connectivity index (χ2n) is 4.69. The van der Waals surface area contributed by atoms with Gasteiger partial charge in [-0.05, 0) is 58.9 Å². The van der Waals surface area contributed by atoms with Gasteiger partial charge in [0.15, 0.2) is 0 Å². The molecular formula is C16H12BrClFNO. The van der Waals surface area contributed by atoms with Crippen molar-refractivity contribution in [3.63, 3.8) is 0 Å². The van der Waals surface area contributed by atoms with Crippen LogP contribution in [-0.4, -0.2) is 7.05 Å². The number of nitrogens with one attached hydrogen (secondary N) is 1. The molecule has 1 unspecified atom stereocenters. The Hall–Kier alpha value is -1.36. The van der Waals surface area contributed by atoms with Crippen molar-refractivity contribution in [2.75, 3.05) is 7.05 Å². The lowest BCUT2D eigenvalue weighted by atomic mass is 10.0. The molecule has 3 aromatic rings. The lowest BCUT2D eigenvalue weighted by Crippen LogP contribution is -2.17. The van der Waals surface area contributed by atoms with Gasteiger partial charge in [-0.3, -0.25) is 0 Å². The van der Waals surface area contributed by atoms with E-state index in [1.54, 1.807) is 13.1 Å². The first-order valence-electron chi connectivity index (χ1n) is 6.40. The molecule has 108 valence electrons. The number of hydrogen-bond acceptors (Lipinski definition) is 2. The van der Waals surface area contributed by atoms with Crippen LogP contribution in [0.2, 0.25) is 5.02 Å². The van der Waals surface area contributed by atoms with Crippen molar-refractivity contribution >= 4 is 38.5 Å². The van der Waals surface area contributed by atoms with E-state index >= 15 is 0 Å². The van der Waals surface area contributed by atoms with Gasteiger partial charge >= 0.3 is 0 Å². The molecule has 0 saturated carbocycles. The van der Waals surface area contributed by atoms with Crippen molar-refractivity contribution in [3.8, 4) is 0 Å². The van der Waals surface area contributed by atoms with E-state index in [2.05, 4.69) is 21.2 Å². The Kier molecular flexibility index (Phi) is 4.02. The fourth-order valence-electron chi connectivity index (χ4n) is 2.38. The number of para-hydroxylation sites is 1. The molecule has 0 saturated heterocycles. The van der Waals surface area contributed by atoms with E-state index in [1.807, 2.05) is 24.3 Å². The zero-order valence-electron chi connectivity index (χ0n) is 11.2. The standard InChI is InChI=1S/C16H12BrClFNO/c1-20-15(11-8-10(19)5-6-13(11)18)14-7-9-3-2-4-12(17)16(9)21-14/h2-8,15,20H,1H3. The first kappa shape index (κ1) is 14.6. The van der Waals surface area contributed by atoms with Gasteiger partial charge in [-0.25, -0.2) is 4.39 Å². The predicted octanol–water partition coefficient (Wildman–Crippen LogP) is 5.30. The van der Waals surface area contributed by atoms with Gasteiger partial charge in [-0.15, -0.1) is 0 Å². The van der Waals surface area contributed by atoms with Gasteiger partial charge in [-0.1, -0.05) is 23.7 Å². The molecule has 0 aliphatic rings. The maximum Gasteiger partial charge on any atom is 0.148 e. The number of benzene rings is 2. The summed E-state index contributed by atoms with van der Waals surface area (Å²) in [5.74, 6) is 0.360. The Labute approximate surface area is 135 Å². The molecule has 0 spiro atoms. The van der Waals surface area contributed by atoms with Crippen molar-refractivity contribution in [1.29, 1.82) is 0 Å². The molecular weight excluding hydrogens is 357 g/mol. The minimum Gasteiger partial charge on any atom is -0.458 e. The third-order valence-corrected chi connectivity index (χ3v) is 4.33. The van der Waals surface area contributed by atoms with Crippen LogP contribution in [0.5, 0.6) is 0 Å². The van der Waals surface area contributed by atoms with E-state index in [4.69, 9.17) is 16.0 Å². The number of fused-ring (bicyclic) bond motifs is 1. The summed E-state index contributed by atoms with van der Waals surface area (Å²) < 4.78 is 20.3. The lowest BCUT2D eigenvalue weighted by Gasteiger charge is -2.15. The summed E-state index contributed by atoms with van der Waals surface area (Å²) in [7, 11) is 1.79. The smallest absolute Gasteiger partial charge is 0.148 e. The summed E-state index contributed by atoms with van der Waals surface area (Å²) in [5, 5.41) is 4.60. The number of rotatable bonds is 3. The van der Waals surface area contributed by atoms with Crippen LogP contribution in [0.1, 0.15) is 17.4 Å². The monoisotopic (exact) mass is 367 g/mol. The Morgan fingerprint density at radius 1 is 1.24 bits per heavy atom. The molecule has 2 aromatic carbocycles. The van der Waals surface area contributed by atoms with E-state index in [0.29, 0.717) is 16.3 Å².